The van der Waals surface area contributed by atoms with E-state index in [9.17, 15) is 5.11 Å². The molecule has 2 aromatic carbocycles. The zero-order valence-corrected chi connectivity index (χ0v) is 17.0. The number of anilines is 2. The van der Waals surface area contributed by atoms with Crippen LogP contribution in [0.2, 0.25) is 0 Å². The fraction of sp³-hybridized carbons (Fsp3) is 0.300. The molecule has 0 radical (unpaired) electrons. The second-order valence-electron chi connectivity index (χ2n) is 6.90. The minimum Gasteiger partial charge on any atom is -0.457 e. The van der Waals surface area contributed by atoms with Gasteiger partial charge in [0.2, 0.25) is 5.13 Å². The topological polar surface area (TPSA) is 63.8 Å². The molecule has 3 aromatic rings. The number of ether oxygens (including phenoxy) is 1. The second kappa shape index (κ2) is 8.83. The molecule has 3 N–H and O–H groups in total. The quantitative estimate of drug-likeness (QED) is 0.540. The normalized spacial score (nSPS) is 19.3. The number of benzene rings is 2. The summed E-state index contributed by atoms with van der Waals surface area (Å²) in [5.74, 6) is 1.59. The molecule has 8 heteroatoms. The molecular formula is C20H23N4O2S2+. The number of aromatic nitrogens is 2. The van der Waals surface area contributed by atoms with Crippen molar-refractivity contribution >= 4 is 34.4 Å². The number of rotatable bonds is 6. The van der Waals surface area contributed by atoms with Crippen LogP contribution in [0.4, 0.5) is 10.8 Å². The van der Waals surface area contributed by atoms with E-state index >= 15 is 0 Å². The highest BCUT2D eigenvalue weighted by atomic mass is 32.1. The van der Waals surface area contributed by atoms with Gasteiger partial charge in [-0.2, -0.15) is 4.68 Å². The van der Waals surface area contributed by atoms with Gasteiger partial charge < -0.3 is 20.1 Å². The Hall–Kier alpha value is -2.26. The third-order valence-electron chi connectivity index (χ3n) is 4.66. The van der Waals surface area contributed by atoms with Gasteiger partial charge >= 0.3 is 0 Å². The highest BCUT2D eigenvalue weighted by Gasteiger charge is 2.22. The minimum atomic E-state index is -0.217. The number of aliphatic hydroxyl groups is 1. The van der Waals surface area contributed by atoms with Crippen LogP contribution in [0.25, 0.3) is 0 Å². The van der Waals surface area contributed by atoms with Crippen molar-refractivity contribution in [2.45, 2.75) is 25.6 Å². The smallest absolute Gasteiger partial charge is 0.209 e. The molecule has 4 rings (SSSR count). The van der Waals surface area contributed by atoms with Gasteiger partial charge in [0.05, 0.1) is 6.54 Å². The summed E-state index contributed by atoms with van der Waals surface area (Å²) in [4.78, 5) is 1.31. The Morgan fingerprint density at radius 1 is 1.18 bits per heavy atom. The van der Waals surface area contributed by atoms with E-state index in [1.807, 2.05) is 59.3 Å². The van der Waals surface area contributed by atoms with Gasteiger partial charge in [-0.05, 0) is 61.5 Å². The average Bonchev–Trinajstić information content (AvgIpc) is 3.03. The first-order valence-corrected chi connectivity index (χ1v) is 10.6. The van der Waals surface area contributed by atoms with E-state index in [4.69, 9.17) is 17.0 Å². The van der Waals surface area contributed by atoms with Crippen molar-refractivity contribution in [1.29, 1.82) is 0 Å². The molecule has 2 heterocycles. The van der Waals surface area contributed by atoms with Gasteiger partial charge in [0.15, 0.2) is 10.6 Å². The average molecular weight is 416 g/mol. The van der Waals surface area contributed by atoms with Crippen LogP contribution in [-0.4, -0.2) is 34.1 Å². The lowest BCUT2D eigenvalue weighted by Crippen LogP contribution is -3.13. The number of nitrogens with zero attached hydrogens (tertiary/aromatic N) is 2. The number of aliphatic hydroxyl groups excluding tert-OH is 1. The third kappa shape index (κ3) is 4.96. The van der Waals surface area contributed by atoms with Crippen molar-refractivity contribution in [2.24, 2.45) is 0 Å². The monoisotopic (exact) mass is 415 g/mol. The SMILES string of the molecule is O[C@H]1CCC[NH+](Cn2nc(Nc3ccc(Oc4ccccc4)cc3)sc2=S)C1. The van der Waals surface area contributed by atoms with Crippen molar-refractivity contribution in [3.8, 4) is 11.5 Å². The van der Waals surface area contributed by atoms with Gasteiger partial charge in [0.1, 0.15) is 24.1 Å². The molecule has 1 unspecified atom stereocenters. The largest absolute Gasteiger partial charge is 0.457 e. The Bertz CT molecular complexity index is 956. The fourth-order valence-electron chi connectivity index (χ4n) is 3.29. The molecule has 28 heavy (non-hydrogen) atoms. The van der Waals surface area contributed by atoms with Gasteiger partial charge in [-0.15, -0.1) is 5.10 Å². The molecule has 0 saturated carbocycles. The molecule has 1 fully saturated rings. The number of para-hydroxylation sites is 1. The maximum atomic E-state index is 9.85. The predicted octanol–water partition coefficient (Wildman–Crippen LogP) is 3.21. The number of quaternary nitrogens is 1. The van der Waals surface area contributed by atoms with Crippen LogP contribution in [-0.2, 0) is 6.67 Å². The summed E-state index contributed by atoms with van der Waals surface area (Å²) in [6.07, 6.45) is 1.71. The van der Waals surface area contributed by atoms with Crippen LogP contribution >= 0.6 is 23.6 Å². The van der Waals surface area contributed by atoms with Crippen LogP contribution < -0.4 is 15.0 Å². The number of hydrogen-bond donors (Lipinski definition) is 3. The standard InChI is InChI=1S/C20H22N4O2S2/c25-16-5-4-12-23(13-16)14-24-20(27)28-19(22-24)21-15-8-10-18(11-9-15)26-17-6-2-1-3-7-17/h1-3,6-11,16,25H,4-5,12-14H2,(H,21,22)/p+1/t16-/m0/s1. The van der Waals surface area contributed by atoms with E-state index in [1.165, 1.54) is 16.2 Å². The van der Waals surface area contributed by atoms with Crippen LogP contribution in [0.1, 0.15) is 12.8 Å². The summed E-state index contributed by atoms with van der Waals surface area (Å²) in [7, 11) is 0. The van der Waals surface area contributed by atoms with Crippen molar-refractivity contribution in [3.63, 3.8) is 0 Å². The first-order chi connectivity index (χ1) is 13.7. The maximum absolute atomic E-state index is 9.85. The highest BCUT2D eigenvalue weighted by molar-refractivity contribution is 7.73. The number of hydrogen-bond acceptors (Lipinski definition) is 6. The lowest BCUT2D eigenvalue weighted by molar-refractivity contribution is -0.931. The molecule has 146 valence electrons. The Balaban J connectivity index is 1.38. The predicted molar refractivity (Wildman–Crippen MR) is 113 cm³/mol. The molecule has 1 aliphatic heterocycles. The van der Waals surface area contributed by atoms with Gasteiger partial charge in [-0.3, -0.25) is 0 Å². The summed E-state index contributed by atoms with van der Waals surface area (Å²) in [6.45, 7) is 2.49. The van der Waals surface area contributed by atoms with E-state index in [1.54, 1.807) is 0 Å². The third-order valence-corrected chi connectivity index (χ3v) is 5.88. The first kappa shape index (κ1) is 19.1. The Morgan fingerprint density at radius 3 is 2.68 bits per heavy atom. The van der Waals surface area contributed by atoms with Crippen molar-refractivity contribution < 1.29 is 14.7 Å². The lowest BCUT2D eigenvalue weighted by Gasteiger charge is -2.26. The van der Waals surface area contributed by atoms with Crippen LogP contribution in [0, 0.1) is 3.95 Å². The molecule has 1 aromatic heterocycles. The Kier molecular flexibility index (Phi) is 6.01. The summed E-state index contributed by atoms with van der Waals surface area (Å²) in [5.41, 5.74) is 0.928. The van der Waals surface area contributed by atoms with Gasteiger partial charge in [0, 0.05) is 5.69 Å². The van der Waals surface area contributed by atoms with E-state index in [-0.39, 0.29) is 6.10 Å². The van der Waals surface area contributed by atoms with Gasteiger partial charge in [0.25, 0.3) is 0 Å². The van der Waals surface area contributed by atoms with Gasteiger partial charge in [-0.25, -0.2) is 0 Å². The first-order valence-electron chi connectivity index (χ1n) is 9.35. The highest BCUT2D eigenvalue weighted by Crippen LogP contribution is 2.25. The molecular weight excluding hydrogens is 392 g/mol. The summed E-state index contributed by atoms with van der Waals surface area (Å²) in [6, 6.07) is 17.5. The summed E-state index contributed by atoms with van der Waals surface area (Å²) >= 11 is 6.92. The van der Waals surface area contributed by atoms with Crippen LogP contribution in [0.3, 0.4) is 0 Å². The Labute approximate surface area is 173 Å². The molecule has 1 aliphatic rings. The second-order valence-corrected chi connectivity index (χ2v) is 8.52. The van der Waals surface area contributed by atoms with Gasteiger partial charge in [-0.1, -0.05) is 29.5 Å². The van der Waals surface area contributed by atoms with Crippen molar-refractivity contribution in [1.82, 2.24) is 9.78 Å². The van der Waals surface area contributed by atoms with Crippen molar-refractivity contribution in [2.75, 3.05) is 18.4 Å². The lowest BCUT2D eigenvalue weighted by atomic mass is 10.1. The van der Waals surface area contributed by atoms with E-state index < -0.39 is 0 Å². The summed E-state index contributed by atoms with van der Waals surface area (Å²) in [5, 5.41) is 18.5. The van der Waals surface area contributed by atoms with E-state index in [0.29, 0.717) is 6.67 Å². The molecule has 0 spiro atoms. The number of likely N-dealkylation sites (tertiary alicyclic amines) is 1. The maximum Gasteiger partial charge on any atom is 0.209 e. The van der Waals surface area contributed by atoms with E-state index in [0.717, 1.165) is 52.2 Å². The molecule has 0 bridgehead atoms. The molecule has 6 nitrogen and oxygen atoms in total. The minimum absolute atomic E-state index is 0.217. The van der Waals surface area contributed by atoms with Crippen molar-refractivity contribution in [3.05, 3.63) is 58.6 Å². The molecule has 1 saturated heterocycles. The fourth-order valence-corrected chi connectivity index (χ4v) is 4.32. The zero-order chi connectivity index (χ0) is 19.3. The van der Waals surface area contributed by atoms with Crippen LogP contribution in [0.15, 0.2) is 54.6 Å². The number of nitrogens with one attached hydrogen (secondary N) is 2. The summed E-state index contributed by atoms with van der Waals surface area (Å²) < 4.78 is 8.40. The molecule has 2 atom stereocenters. The molecule has 0 aliphatic carbocycles. The van der Waals surface area contributed by atoms with E-state index in [2.05, 4.69) is 10.4 Å². The zero-order valence-electron chi connectivity index (χ0n) is 15.4. The molecule has 0 amide bonds. The Morgan fingerprint density at radius 2 is 1.93 bits per heavy atom. The number of piperidine rings is 1. The van der Waals surface area contributed by atoms with Crippen LogP contribution in [0.5, 0.6) is 11.5 Å².